The number of carbonyl (C=O) groups excluding carboxylic acids is 2. The van der Waals surface area contributed by atoms with Gasteiger partial charge in [0.1, 0.15) is 11.5 Å². The Hall–Kier alpha value is -3.02. The molecule has 2 rings (SSSR count). The normalized spacial score (nSPS) is 10.1. The molecule has 6 heteroatoms. The fraction of sp³-hybridized carbons (Fsp3) is 0.300. The molecule has 0 aliphatic heterocycles. The van der Waals surface area contributed by atoms with E-state index in [0.717, 1.165) is 11.3 Å². The maximum absolute atomic E-state index is 12.1. The van der Waals surface area contributed by atoms with E-state index in [1.165, 1.54) is 14.0 Å². The molecule has 0 saturated carbocycles. The van der Waals surface area contributed by atoms with Crippen molar-refractivity contribution in [1.82, 2.24) is 0 Å². The van der Waals surface area contributed by atoms with Crippen molar-refractivity contribution in [2.24, 2.45) is 0 Å². The standard InChI is InChI=1S/C20H24N2O4/c1-14-6-4-7-17(12-14)26-11-5-8-20(24)22-16-9-10-19(25-3)18(13-16)21-15(2)23/h4,6-7,9-10,12-13H,5,8,11H2,1-3H3,(H,21,23)(H,22,24). The minimum Gasteiger partial charge on any atom is -0.495 e. The summed E-state index contributed by atoms with van der Waals surface area (Å²) >= 11 is 0. The molecule has 0 unspecified atom stereocenters. The lowest BCUT2D eigenvalue weighted by molar-refractivity contribution is -0.116. The van der Waals surface area contributed by atoms with Crippen LogP contribution in [0.5, 0.6) is 11.5 Å². The molecule has 0 fully saturated rings. The van der Waals surface area contributed by atoms with E-state index in [2.05, 4.69) is 10.6 Å². The topological polar surface area (TPSA) is 76.7 Å². The number of amides is 2. The van der Waals surface area contributed by atoms with Gasteiger partial charge in [0.2, 0.25) is 11.8 Å². The second kappa shape index (κ2) is 9.46. The highest BCUT2D eigenvalue weighted by molar-refractivity contribution is 5.94. The summed E-state index contributed by atoms with van der Waals surface area (Å²) in [6.45, 7) is 3.89. The maximum atomic E-state index is 12.1. The van der Waals surface area contributed by atoms with Gasteiger partial charge in [-0.1, -0.05) is 12.1 Å². The van der Waals surface area contributed by atoms with E-state index in [1.54, 1.807) is 18.2 Å². The fourth-order valence-corrected chi connectivity index (χ4v) is 2.42. The van der Waals surface area contributed by atoms with Crippen molar-refractivity contribution in [3.05, 3.63) is 48.0 Å². The Kier molecular flexibility index (Phi) is 7.02. The molecular weight excluding hydrogens is 332 g/mol. The number of hydrogen-bond donors (Lipinski definition) is 2. The molecule has 2 N–H and O–H groups in total. The van der Waals surface area contributed by atoms with Crippen molar-refractivity contribution in [2.75, 3.05) is 24.4 Å². The van der Waals surface area contributed by atoms with E-state index in [4.69, 9.17) is 9.47 Å². The lowest BCUT2D eigenvalue weighted by Crippen LogP contribution is -2.13. The van der Waals surface area contributed by atoms with Gasteiger partial charge in [0.05, 0.1) is 19.4 Å². The molecule has 2 aromatic rings. The summed E-state index contributed by atoms with van der Waals surface area (Å²) in [6.07, 6.45) is 0.946. The van der Waals surface area contributed by atoms with Gasteiger partial charge in [0.25, 0.3) is 0 Å². The van der Waals surface area contributed by atoms with Crippen molar-refractivity contribution in [1.29, 1.82) is 0 Å². The predicted octanol–water partition coefficient (Wildman–Crippen LogP) is 3.76. The second-order valence-corrected chi connectivity index (χ2v) is 5.91. The SMILES string of the molecule is COc1ccc(NC(=O)CCCOc2cccc(C)c2)cc1NC(C)=O. The average Bonchev–Trinajstić information content (AvgIpc) is 2.58. The van der Waals surface area contributed by atoms with Crippen LogP contribution in [0.25, 0.3) is 0 Å². The van der Waals surface area contributed by atoms with Crippen LogP contribution < -0.4 is 20.1 Å². The zero-order valence-electron chi connectivity index (χ0n) is 15.3. The van der Waals surface area contributed by atoms with Crippen LogP contribution in [0.2, 0.25) is 0 Å². The molecule has 2 aromatic carbocycles. The third kappa shape index (κ3) is 6.12. The maximum Gasteiger partial charge on any atom is 0.224 e. The summed E-state index contributed by atoms with van der Waals surface area (Å²) in [5.41, 5.74) is 2.24. The van der Waals surface area contributed by atoms with Gasteiger partial charge in [-0.05, 0) is 49.2 Å². The third-order valence-electron chi connectivity index (χ3n) is 3.60. The molecule has 2 amide bonds. The molecule has 0 radical (unpaired) electrons. The van der Waals surface area contributed by atoms with Crippen LogP contribution in [0.4, 0.5) is 11.4 Å². The molecule has 0 aliphatic rings. The van der Waals surface area contributed by atoms with Crippen molar-refractivity contribution in [3.8, 4) is 11.5 Å². The van der Waals surface area contributed by atoms with Gasteiger partial charge in [-0.3, -0.25) is 9.59 Å². The third-order valence-corrected chi connectivity index (χ3v) is 3.60. The summed E-state index contributed by atoms with van der Waals surface area (Å²) in [5, 5.41) is 5.49. The lowest BCUT2D eigenvalue weighted by atomic mass is 10.2. The zero-order chi connectivity index (χ0) is 18.9. The van der Waals surface area contributed by atoms with Crippen molar-refractivity contribution >= 4 is 23.2 Å². The van der Waals surface area contributed by atoms with E-state index in [1.807, 2.05) is 31.2 Å². The molecule has 0 spiro atoms. The number of nitrogens with one attached hydrogen (secondary N) is 2. The van der Waals surface area contributed by atoms with Crippen LogP contribution in [-0.4, -0.2) is 25.5 Å². The highest BCUT2D eigenvalue weighted by atomic mass is 16.5. The van der Waals surface area contributed by atoms with Crippen LogP contribution in [0.15, 0.2) is 42.5 Å². The van der Waals surface area contributed by atoms with E-state index < -0.39 is 0 Å². The van der Waals surface area contributed by atoms with Crippen molar-refractivity contribution in [3.63, 3.8) is 0 Å². The summed E-state index contributed by atoms with van der Waals surface area (Å²) in [6, 6.07) is 12.9. The van der Waals surface area contributed by atoms with Gasteiger partial charge in [0.15, 0.2) is 0 Å². The van der Waals surface area contributed by atoms with Gasteiger partial charge in [0, 0.05) is 19.0 Å². The molecule has 0 atom stereocenters. The molecule has 26 heavy (non-hydrogen) atoms. The smallest absolute Gasteiger partial charge is 0.224 e. The highest BCUT2D eigenvalue weighted by Crippen LogP contribution is 2.27. The first-order valence-electron chi connectivity index (χ1n) is 8.43. The van der Waals surface area contributed by atoms with Gasteiger partial charge >= 0.3 is 0 Å². The average molecular weight is 356 g/mol. The van der Waals surface area contributed by atoms with E-state index >= 15 is 0 Å². The molecular formula is C20H24N2O4. The molecule has 6 nitrogen and oxygen atoms in total. The summed E-state index contributed by atoms with van der Waals surface area (Å²) in [5.74, 6) is 1.02. The molecule has 0 aliphatic carbocycles. The summed E-state index contributed by atoms with van der Waals surface area (Å²) in [4.78, 5) is 23.3. The predicted molar refractivity (Wildman–Crippen MR) is 102 cm³/mol. The number of aryl methyl sites for hydroxylation is 1. The minimum atomic E-state index is -0.208. The monoisotopic (exact) mass is 356 g/mol. The number of rotatable bonds is 8. The number of methoxy groups -OCH3 is 1. The Labute approximate surface area is 153 Å². The van der Waals surface area contributed by atoms with Crippen molar-refractivity contribution < 1.29 is 19.1 Å². The van der Waals surface area contributed by atoms with E-state index in [9.17, 15) is 9.59 Å². The van der Waals surface area contributed by atoms with Gasteiger partial charge < -0.3 is 20.1 Å². The molecule has 138 valence electrons. The van der Waals surface area contributed by atoms with Gasteiger partial charge in [-0.15, -0.1) is 0 Å². The number of hydrogen-bond acceptors (Lipinski definition) is 4. The largest absolute Gasteiger partial charge is 0.495 e. The van der Waals surface area contributed by atoms with Crippen LogP contribution >= 0.6 is 0 Å². The molecule has 0 aromatic heterocycles. The highest BCUT2D eigenvalue weighted by Gasteiger charge is 2.08. The number of ether oxygens (including phenoxy) is 2. The minimum absolute atomic E-state index is 0.114. The number of benzene rings is 2. The van der Waals surface area contributed by atoms with Crippen LogP contribution in [0.1, 0.15) is 25.3 Å². The van der Waals surface area contributed by atoms with E-state index in [-0.39, 0.29) is 11.8 Å². The Morgan fingerprint density at radius 3 is 2.58 bits per heavy atom. The van der Waals surface area contributed by atoms with Crippen molar-refractivity contribution in [2.45, 2.75) is 26.7 Å². The first-order chi connectivity index (χ1) is 12.5. The second-order valence-electron chi connectivity index (χ2n) is 5.91. The van der Waals surface area contributed by atoms with Crippen LogP contribution in [0, 0.1) is 6.92 Å². The quantitative estimate of drug-likeness (QED) is 0.706. The van der Waals surface area contributed by atoms with Gasteiger partial charge in [-0.25, -0.2) is 0 Å². The van der Waals surface area contributed by atoms with Gasteiger partial charge in [-0.2, -0.15) is 0 Å². The fourth-order valence-electron chi connectivity index (χ4n) is 2.42. The Morgan fingerprint density at radius 1 is 1.08 bits per heavy atom. The Balaban J connectivity index is 1.82. The molecule has 0 heterocycles. The summed E-state index contributed by atoms with van der Waals surface area (Å²) < 4.78 is 10.8. The zero-order valence-corrected chi connectivity index (χ0v) is 15.3. The Bertz CT molecular complexity index is 774. The first-order valence-corrected chi connectivity index (χ1v) is 8.43. The van der Waals surface area contributed by atoms with E-state index in [0.29, 0.717) is 36.6 Å². The lowest BCUT2D eigenvalue weighted by Gasteiger charge is -2.12. The number of anilines is 2. The molecule has 0 bridgehead atoms. The number of carbonyl (C=O) groups is 2. The Morgan fingerprint density at radius 2 is 1.88 bits per heavy atom. The van der Waals surface area contributed by atoms with Crippen LogP contribution in [-0.2, 0) is 9.59 Å². The summed E-state index contributed by atoms with van der Waals surface area (Å²) in [7, 11) is 1.52. The van der Waals surface area contributed by atoms with Crippen LogP contribution in [0.3, 0.4) is 0 Å². The first kappa shape index (κ1) is 19.3. The molecule has 0 saturated heterocycles.